The van der Waals surface area contributed by atoms with Crippen molar-refractivity contribution in [1.82, 2.24) is 5.06 Å². The highest BCUT2D eigenvalue weighted by Crippen LogP contribution is 2.31. The summed E-state index contributed by atoms with van der Waals surface area (Å²) >= 11 is 0. The Morgan fingerprint density at radius 1 is 0.833 bits per heavy atom. The molecule has 1 heterocycles. The van der Waals surface area contributed by atoms with Gasteiger partial charge < -0.3 is 5.32 Å². The van der Waals surface area contributed by atoms with Crippen molar-refractivity contribution < 1.29 is 27.1 Å². The maximum atomic E-state index is 12.9. The van der Waals surface area contributed by atoms with E-state index in [1.165, 1.54) is 36.4 Å². The molecule has 0 saturated carbocycles. The minimum absolute atomic E-state index is 0.158. The first-order valence-electron chi connectivity index (χ1n) is 10.8. The van der Waals surface area contributed by atoms with Gasteiger partial charge in [0.25, 0.3) is 17.7 Å². The van der Waals surface area contributed by atoms with Crippen molar-refractivity contribution in [2.45, 2.75) is 4.90 Å². The number of hydrogen-bond acceptors (Lipinski definition) is 6. The van der Waals surface area contributed by atoms with Crippen molar-refractivity contribution in [1.29, 1.82) is 0 Å². The predicted molar refractivity (Wildman–Crippen MR) is 134 cm³/mol. The number of nitrogens with one attached hydrogen (secondary N) is 1. The average molecular weight is 499 g/mol. The first-order valence-corrected chi connectivity index (χ1v) is 12.2. The predicted octanol–water partition coefficient (Wildman–Crippen LogP) is 4.65. The summed E-state index contributed by atoms with van der Waals surface area (Å²) in [6, 6.07) is 21.7. The molecule has 0 radical (unpaired) electrons. The van der Waals surface area contributed by atoms with Crippen LogP contribution in [0.2, 0.25) is 0 Å². The van der Waals surface area contributed by atoms with Gasteiger partial charge in [-0.1, -0.05) is 49.1 Å². The van der Waals surface area contributed by atoms with E-state index in [0.717, 1.165) is 5.56 Å². The minimum Gasteiger partial charge on any atom is -0.322 e. The van der Waals surface area contributed by atoms with Crippen LogP contribution in [-0.2, 0) is 14.4 Å². The van der Waals surface area contributed by atoms with Gasteiger partial charge in [0.2, 0.25) is 0 Å². The standard InChI is InChI=1S/C27H18N2O6S/c1-2-17-9-13-20(14-10-17)28-25(30)19-11-15-21(16-12-19)36(33,34)35-29-26(31)22-7-3-5-18-6-4-8-23(24(18)22)27(29)32/h2-16H,1H2,(H,28,30). The summed E-state index contributed by atoms with van der Waals surface area (Å²) in [5.74, 6) is -2.21. The number of amides is 3. The van der Waals surface area contributed by atoms with Crippen LogP contribution < -0.4 is 5.32 Å². The maximum Gasteiger partial charge on any atom is 0.318 e. The van der Waals surface area contributed by atoms with Gasteiger partial charge in [-0.15, -0.1) is 9.35 Å². The SMILES string of the molecule is C=Cc1ccc(NC(=O)c2ccc(S(=O)(=O)ON3C(=O)c4cccc5cccc(c45)C3=O)cc2)cc1. The zero-order chi connectivity index (χ0) is 25.4. The van der Waals surface area contributed by atoms with Crippen LogP contribution in [0, 0.1) is 0 Å². The van der Waals surface area contributed by atoms with E-state index < -0.39 is 27.8 Å². The van der Waals surface area contributed by atoms with Gasteiger partial charge in [0.05, 0.1) is 16.0 Å². The molecule has 1 aliphatic heterocycles. The molecule has 0 unspecified atom stereocenters. The van der Waals surface area contributed by atoms with Gasteiger partial charge in [-0.25, -0.2) is 0 Å². The van der Waals surface area contributed by atoms with E-state index in [1.54, 1.807) is 54.6 Å². The number of carbonyl (C=O) groups excluding carboxylic acids is 3. The molecule has 36 heavy (non-hydrogen) atoms. The number of benzene rings is 4. The zero-order valence-electron chi connectivity index (χ0n) is 18.7. The lowest BCUT2D eigenvalue weighted by molar-refractivity contribution is -0.0155. The number of hydrogen-bond donors (Lipinski definition) is 1. The first-order chi connectivity index (χ1) is 17.3. The normalized spacial score (nSPS) is 13.1. The van der Waals surface area contributed by atoms with Crippen molar-refractivity contribution in [3.8, 4) is 0 Å². The van der Waals surface area contributed by atoms with Gasteiger partial charge in [-0.05, 0) is 59.5 Å². The molecule has 3 amide bonds. The Labute approximate surface area is 206 Å². The van der Waals surface area contributed by atoms with Crippen molar-refractivity contribution in [3.63, 3.8) is 0 Å². The molecular weight excluding hydrogens is 480 g/mol. The second kappa shape index (κ2) is 8.88. The van der Waals surface area contributed by atoms with E-state index in [2.05, 4.69) is 11.9 Å². The fraction of sp³-hybridized carbons (Fsp3) is 0. The summed E-state index contributed by atoms with van der Waals surface area (Å²) in [7, 11) is -4.56. The van der Waals surface area contributed by atoms with Crippen LogP contribution in [0.1, 0.15) is 36.6 Å². The van der Waals surface area contributed by atoms with Gasteiger partial charge in [0.15, 0.2) is 0 Å². The lowest BCUT2D eigenvalue weighted by atomic mass is 9.95. The molecule has 1 aliphatic rings. The second-order valence-electron chi connectivity index (χ2n) is 7.95. The molecule has 4 aromatic carbocycles. The lowest BCUT2D eigenvalue weighted by Crippen LogP contribution is -2.41. The molecule has 0 aromatic heterocycles. The number of anilines is 1. The number of rotatable bonds is 6. The number of carbonyl (C=O) groups is 3. The van der Waals surface area contributed by atoms with E-state index in [0.29, 0.717) is 16.5 Å². The smallest absolute Gasteiger partial charge is 0.318 e. The van der Waals surface area contributed by atoms with E-state index in [9.17, 15) is 22.8 Å². The third-order valence-corrected chi connectivity index (χ3v) is 6.91. The van der Waals surface area contributed by atoms with Crippen molar-refractivity contribution >= 4 is 50.4 Å². The largest absolute Gasteiger partial charge is 0.322 e. The van der Waals surface area contributed by atoms with E-state index in [-0.39, 0.29) is 26.6 Å². The maximum absolute atomic E-state index is 12.9. The molecule has 0 aliphatic carbocycles. The Morgan fingerprint density at radius 3 is 1.97 bits per heavy atom. The van der Waals surface area contributed by atoms with Gasteiger partial charge in [-0.2, -0.15) is 8.42 Å². The fourth-order valence-corrected chi connectivity index (χ4v) is 4.78. The van der Waals surface area contributed by atoms with E-state index in [4.69, 9.17) is 4.28 Å². The fourth-order valence-electron chi connectivity index (χ4n) is 3.90. The highest BCUT2D eigenvalue weighted by Gasteiger charge is 2.37. The number of nitrogens with zero attached hydrogens (tertiary/aromatic N) is 1. The van der Waals surface area contributed by atoms with Crippen LogP contribution in [0.5, 0.6) is 0 Å². The molecule has 4 aromatic rings. The summed E-state index contributed by atoms with van der Waals surface area (Å²) in [5.41, 5.74) is 1.97. The second-order valence-corrected chi connectivity index (χ2v) is 9.48. The van der Waals surface area contributed by atoms with Gasteiger partial charge in [0, 0.05) is 16.6 Å². The minimum atomic E-state index is -4.56. The topological polar surface area (TPSA) is 110 Å². The Kier molecular flexibility index (Phi) is 5.71. The van der Waals surface area contributed by atoms with Crippen LogP contribution in [0.25, 0.3) is 16.8 Å². The van der Waals surface area contributed by atoms with Gasteiger partial charge >= 0.3 is 10.1 Å². The molecule has 0 bridgehead atoms. The lowest BCUT2D eigenvalue weighted by Gasteiger charge is -2.25. The summed E-state index contributed by atoms with van der Waals surface area (Å²) < 4.78 is 30.8. The van der Waals surface area contributed by atoms with Crippen LogP contribution in [0.15, 0.2) is 96.4 Å². The molecule has 0 saturated heterocycles. The van der Waals surface area contributed by atoms with E-state index in [1.807, 2.05) is 0 Å². The molecule has 0 spiro atoms. The van der Waals surface area contributed by atoms with Crippen LogP contribution >= 0.6 is 0 Å². The first kappa shape index (κ1) is 23.2. The molecule has 1 N–H and O–H groups in total. The van der Waals surface area contributed by atoms with Crippen molar-refractivity contribution in [3.05, 3.63) is 114 Å². The summed E-state index contributed by atoms with van der Waals surface area (Å²) in [5, 5.41) is 4.09. The van der Waals surface area contributed by atoms with E-state index >= 15 is 0 Å². The van der Waals surface area contributed by atoms with Crippen LogP contribution in [0.3, 0.4) is 0 Å². The molecule has 8 nitrogen and oxygen atoms in total. The molecule has 0 fully saturated rings. The monoisotopic (exact) mass is 498 g/mol. The third-order valence-electron chi connectivity index (χ3n) is 5.72. The Balaban J connectivity index is 1.36. The zero-order valence-corrected chi connectivity index (χ0v) is 19.5. The quantitative estimate of drug-likeness (QED) is 0.388. The average Bonchev–Trinajstić information content (AvgIpc) is 2.90. The molecule has 9 heteroatoms. The Hall–Kier alpha value is -4.60. The van der Waals surface area contributed by atoms with Gasteiger partial charge in [-0.3, -0.25) is 14.4 Å². The summed E-state index contributed by atoms with van der Waals surface area (Å²) in [6.07, 6.45) is 1.68. The van der Waals surface area contributed by atoms with Crippen molar-refractivity contribution in [2.24, 2.45) is 0 Å². The molecular formula is C27H18N2O6S. The Bertz CT molecular complexity index is 1610. The number of imide groups is 1. The van der Waals surface area contributed by atoms with Crippen LogP contribution in [-0.4, -0.2) is 31.2 Å². The Morgan fingerprint density at radius 2 is 1.42 bits per heavy atom. The molecule has 0 atom stereocenters. The highest BCUT2D eigenvalue weighted by molar-refractivity contribution is 7.86. The molecule has 5 rings (SSSR count). The summed E-state index contributed by atoms with van der Waals surface area (Å²) in [4.78, 5) is 38.1. The molecule has 178 valence electrons. The van der Waals surface area contributed by atoms with Crippen LogP contribution in [0.4, 0.5) is 5.69 Å². The number of hydroxylamine groups is 2. The third kappa shape index (κ3) is 4.06. The highest BCUT2D eigenvalue weighted by atomic mass is 32.2. The summed E-state index contributed by atoms with van der Waals surface area (Å²) in [6.45, 7) is 3.67. The van der Waals surface area contributed by atoms with Gasteiger partial charge in [0.1, 0.15) is 0 Å². The van der Waals surface area contributed by atoms with Crippen molar-refractivity contribution in [2.75, 3.05) is 5.32 Å².